The van der Waals surface area contributed by atoms with Crippen molar-refractivity contribution < 1.29 is 27.8 Å². The average molecular weight is 498 g/mol. The minimum atomic E-state index is -4.23. The summed E-state index contributed by atoms with van der Waals surface area (Å²) < 4.78 is 40.7. The van der Waals surface area contributed by atoms with Crippen LogP contribution in [0, 0.1) is 6.92 Å². The van der Waals surface area contributed by atoms with Crippen molar-refractivity contribution in [1.82, 2.24) is 14.5 Å². The molecule has 0 amide bonds. The van der Waals surface area contributed by atoms with Crippen LogP contribution in [-0.4, -0.2) is 48.2 Å². The van der Waals surface area contributed by atoms with Gasteiger partial charge in [0.05, 0.1) is 25.3 Å². The van der Waals surface area contributed by atoms with Crippen molar-refractivity contribution in [3.8, 4) is 11.5 Å². The number of carboxylic acids is 1. The molecule has 0 bridgehead atoms. The number of sulfonamides is 1. The van der Waals surface area contributed by atoms with Gasteiger partial charge in [0.2, 0.25) is 0 Å². The number of nitrogens with one attached hydrogen (secondary N) is 2. The van der Waals surface area contributed by atoms with Crippen LogP contribution < -0.4 is 19.5 Å². The van der Waals surface area contributed by atoms with Gasteiger partial charge in [-0.25, -0.2) is 14.8 Å². The molecule has 0 saturated carbocycles. The summed E-state index contributed by atoms with van der Waals surface area (Å²) in [6.07, 6.45) is 0. The number of carbonyl (C=O) groups is 1. The highest BCUT2D eigenvalue weighted by molar-refractivity contribution is 7.92. The molecule has 0 atom stereocenters. The summed E-state index contributed by atoms with van der Waals surface area (Å²) in [6.45, 7) is 1.53. The molecule has 0 radical (unpaired) electrons. The Labute approximate surface area is 201 Å². The van der Waals surface area contributed by atoms with Gasteiger partial charge in [-0.2, -0.15) is 8.42 Å². The zero-order valence-electron chi connectivity index (χ0n) is 19.4. The number of aryl methyl sites for hydroxylation is 1. The van der Waals surface area contributed by atoms with E-state index in [0.717, 1.165) is 4.57 Å². The van der Waals surface area contributed by atoms with Crippen molar-refractivity contribution in [3.63, 3.8) is 0 Å². The molecule has 4 aromatic rings. The monoisotopic (exact) mass is 497 g/mol. The Hall–Kier alpha value is -4.32. The molecule has 3 N–H and O–H groups in total. The second kappa shape index (κ2) is 9.14. The van der Waals surface area contributed by atoms with Crippen LogP contribution in [0.3, 0.4) is 0 Å². The minimum Gasteiger partial charge on any atom is -0.497 e. The highest BCUT2D eigenvalue weighted by atomic mass is 32.2. The SMILES string of the molecule is COc1cc(Nc2nc3ccccc3nc2NS(=O)(=O)c2cc(C)c(C(=O)O)n2C)cc(OC)c1. The lowest BCUT2D eigenvalue weighted by molar-refractivity contribution is 0.0685. The molecule has 0 aliphatic heterocycles. The molecule has 0 spiro atoms. The second-order valence-corrected chi connectivity index (χ2v) is 9.25. The van der Waals surface area contributed by atoms with E-state index in [2.05, 4.69) is 20.0 Å². The molecular weight excluding hydrogens is 474 g/mol. The molecule has 35 heavy (non-hydrogen) atoms. The van der Waals surface area contributed by atoms with E-state index in [0.29, 0.717) is 33.8 Å². The number of benzene rings is 2. The number of nitrogens with zero attached hydrogens (tertiary/aromatic N) is 3. The summed E-state index contributed by atoms with van der Waals surface area (Å²) in [7, 11) is 0.173. The molecule has 0 aliphatic rings. The lowest BCUT2D eigenvalue weighted by Gasteiger charge is -2.15. The average Bonchev–Trinajstić information content (AvgIpc) is 3.13. The number of hydrogen-bond donors (Lipinski definition) is 3. The smallest absolute Gasteiger partial charge is 0.352 e. The quantitative estimate of drug-likeness (QED) is 0.333. The van der Waals surface area contributed by atoms with Crippen LogP contribution in [0.25, 0.3) is 11.0 Å². The van der Waals surface area contributed by atoms with Crippen LogP contribution in [0.4, 0.5) is 17.3 Å². The van der Waals surface area contributed by atoms with E-state index in [-0.39, 0.29) is 22.4 Å². The molecule has 4 rings (SSSR count). The molecule has 12 heteroatoms. The third-order valence-electron chi connectivity index (χ3n) is 5.27. The van der Waals surface area contributed by atoms with Crippen molar-refractivity contribution in [1.29, 1.82) is 0 Å². The number of hydrogen-bond acceptors (Lipinski definition) is 8. The Bertz CT molecular complexity index is 1530. The van der Waals surface area contributed by atoms with Gasteiger partial charge in [0.15, 0.2) is 16.7 Å². The van der Waals surface area contributed by atoms with Crippen molar-refractivity contribution in [2.45, 2.75) is 11.9 Å². The van der Waals surface area contributed by atoms with Crippen LogP contribution >= 0.6 is 0 Å². The number of aromatic nitrogens is 3. The van der Waals surface area contributed by atoms with Gasteiger partial charge in [-0.3, -0.25) is 4.72 Å². The van der Waals surface area contributed by atoms with E-state index in [1.807, 2.05) is 0 Å². The molecule has 2 aromatic heterocycles. The number of ether oxygens (including phenoxy) is 2. The van der Waals surface area contributed by atoms with Gasteiger partial charge in [-0.05, 0) is 30.7 Å². The zero-order chi connectivity index (χ0) is 25.3. The molecule has 0 aliphatic carbocycles. The Morgan fingerprint density at radius 1 is 0.971 bits per heavy atom. The molecule has 2 aromatic carbocycles. The largest absolute Gasteiger partial charge is 0.497 e. The predicted molar refractivity (Wildman–Crippen MR) is 130 cm³/mol. The molecule has 0 unspecified atom stereocenters. The summed E-state index contributed by atoms with van der Waals surface area (Å²) in [5, 5.41) is 12.3. The summed E-state index contributed by atoms with van der Waals surface area (Å²) >= 11 is 0. The van der Waals surface area contributed by atoms with Gasteiger partial charge in [0.25, 0.3) is 10.0 Å². The first kappa shape index (κ1) is 23.8. The lowest BCUT2D eigenvalue weighted by atomic mass is 10.2. The number of anilines is 3. The minimum absolute atomic E-state index is 0.0683. The maximum atomic E-state index is 13.3. The third-order valence-corrected chi connectivity index (χ3v) is 6.68. The van der Waals surface area contributed by atoms with Crippen molar-refractivity contribution in [2.75, 3.05) is 24.3 Å². The third kappa shape index (κ3) is 4.68. The zero-order valence-corrected chi connectivity index (χ0v) is 20.2. The standard InChI is InChI=1S/C23H23N5O6S/c1-13-9-19(28(2)20(13)23(29)30)35(31,32)27-22-21(25-17-7-5-6-8-18(17)26-22)24-14-10-15(33-3)12-16(11-14)34-4/h5-12H,1-4H3,(H,24,25)(H,26,27)(H,29,30). The second-order valence-electron chi connectivity index (χ2n) is 7.62. The highest BCUT2D eigenvalue weighted by Crippen LogP contribution is 2.31. The Kier molecular flexibility index (Phi) is 6.22. The topological polar surface area (TPSA) is 145 Å². The normalized spacial score (nSPS) is 11.3. The van der Waals surface area contributed by atoms with E-state index in [4.69, 9.17) is 9.47 Å². The molecule has 0 saturated heterocycles. The molecule has 0 fully saturated rings. The van der Waals surface area contributed by atoms with Gasteiger partial charge in [-0.15, -0.1) is 0 Å². The van der Waals surface area contributed by atoms with Crippen LogP contribution in [-0.2, 0) is 17.1 Å². The fourth-order valence-corrected chi connectivity index (χ4v) is 4.93. The molecule has 182 valence electrons. The number of rotatable bonds is 8. The van der Waals surface area contributed by atoms with E-state index < -0.39 is 16.0 Å². The summed E-state index contributed by atoms with van der Waals surface area (Å²) in [5.41, 5.74) is 1.71. The molecule has 2 heterocycles. The molecular formula is C23H23N5O6S. The summed E-state index contributed by atoms with van der Waals surface area (Å²) in [5.74, 6) is -0.133. The fraction of sp³-hybridized carbons (Fsp3) is 0.174. The van der Waals surface area contributed by atoms with Gasteiger partial charge in [0, 0.05) is 30.9 Å². The Morgan fingerprint density at radius 2 is 1.54 bits per heavy atom. The molecule has 11 nitrogen and oxygen atoms in total. The van der Waals surface area contributed by atoms with Crippen molar-refractivity contribution in [3.05, 3.63) is 59.8 Å². The van der Waals surface area contributed by atoms with Gasteiger partial charge >= 0.3 is 5.97 Å². The van der Waals surface area contributed by atoms with Crippen LogP contribution in [0.2, 0.25) is 0 Å². The number of methoxy groups -OCH3 is 2. The highest BCUT2D eigenvalue weighted by Gasteiger charge is 2.26. The summed E-state index contributed by atoms with van der Waals surface area (Å²) in [4.78, 5) is 20.6. The number of para-hydroxylation sites is 2. The van der Waals surface area contributed by atoms with Crippen molar-refractivity contribution >= 4 is 44.3 Å². The number of aromatic carboxylic acids is 1. The van der Waals surface area contributed by atoms with Crippen LogP contribution in [0.15, 0.2) is 53.6 Å². The van der Waals surface area contributed by atoms with Gasteiger partial charge in [0.1, 0.15) is 17.2 Å². The van der Waals surface area contributed by atoms with E-state index in [1.54, 1.807) is 42.5 Å². The maximum Gasteiger partial charge on any atom is 0.352 e. The summed E-state index contributed by atoms with van der Waals surface area (Å²) in [6, 6.07) is 13.4. The lowest BCUT2D eigenvalue weighted by Crippen LogP contribution is -2.19. The first-order valence-corrected chi connectivity index (χ1v) is 11.8. The maximum absolute atomic E-state index is 13.3. The van der Waals surface area contributed by atoms with Crippen molar-refractivity contribution in [2.24, 2.45) is 7.05 Å². The predicted octanol–water partition coefficient (Wildman–Crippen LogP) is 3.54. The van der Waals surface area contributed by atoms with E-state index in [9.17, 15) is 18.3 Å². The van der Waals surface area contributed by atoms with Gasteiger partial charge < -0.3 is 24.5 Å². The Balaban J connectivity index is 1.81. The Morgan fingerprint density at radius 3 is 2.06 bits per heavy atom. The first-order valence-electron chi connectivity index (χ1n) is 10.3. The first-order chi connectivity index (χ1) is 16.6. The van der Waals surface area contributed by atoms with E-state index in [1.165, 1.54) is 34.3 Å². The van der Waals surface area contributed by atoms with Crippen LogP contribution in [0.1, 0.15) is 16.1 Å². The van der Waals surface area contributed by atoms with Crippen LogP contribution in [0.5, 0.6) is 11.5 Å². The number of carboxylic acid groups (broad SMARTS) is 1. The number of fused-ring (bicyclic) bond motifs is 1. The van der Waals surface area contributed by atoms with E-state index >= 15 is 0 Å². The van der Waals surface area contributed by atoms with Gasteiger partial charge in [-0.1, -0.05) is 12.1 Å². The fourth-order valence-electron chi connectivity index (χ4n) is 3.65.